The second kappa shape index (κ2) is 5.99. The normalized spacial score (nSPS) is 12.4. The lowest BCUT2D eigenvalue weighted by Crippen LogP contribution is -2.08. The van der Waals surface area contributed by atoms with Crippen LogP contribution in [0.1, 0.15) is 23.5 Å². The molecule has 2 rings (SSSR count). The topological polar surface area (TPSA) is 26.0 Å². The van der Waals surface area contributed by atoms with E-state index in [4.69, 9.17) is 5.73 Å². The van der Waals surface area contributed by atoms with Crippen molar-refractivity contribution in [3.05, 3.63) is 70.2 Å². The van der Waals surface area contributed by atoms with Crippen LogP contribution in [-0.2, 0) is 0 Å². The van der Waals surface area contributed by atoms with Gasteiger partial charge in [-0.25, -0.2) is 0 Å². The second-order valence-corrected chi connectivity index (χ2v) is 5.01. The molecule has 2 heteroatoms. The first kappa shape index (κ1) is 12.3. The molecule has 0 spiro atoms. The molecule has 0 aliphatic carbocycles. The van der Waals surface area contributed by atoms with E-state index >= 15 is 0 Å². The van der Waals surface area contributed by atoms with Crippen molar-refractivity contribution in [3.8, 4) is 0 Å². The molecule has 1 unspecified atom stereocenters. The monoisotopic (exact) mass is 289 g/mol. The molecule has 0 heterocycles. The Labute approximate surface area is 111 Å². The number of hydrogen-bond donors (Lipinski definition) is 1. The van der Waals surface area contributed by atoms with E-state index in [2.05, 4.69) is 64.5 Å². The Morgan fingerprint density at radius 2 is 1.47 bits per heavy atom. The first-order chi connectivity index (χ1) is 8.31. The molecule has 2 aromatic carbocycles. The Morgan fingerprint density at radius 3 is 2.06 bits per heavy atom. The minimum absolute atomic E-state index is 0.397. The van der Waals surface area contributed by atoms with Crippen molar-refractivity contribution in [1.82, 2.24) is 0 Å². The van der Waals surface area contributed by atoms with Gasteiger partial charge in [-0.2, -0.15) is 0 Å². The molecule has 0 amide bonds. The van der Waals surface area contributed by atoms with E-state index in [1.165, 1.54) is 11.1 Å². The first-order valence-electron chi connectivity index (χ1n) is 5.81. The van der Waals surface area contributed by atoms with Crippen LogP contribution < -0.4 is 5.73 Å². The molecule has 0 radical (unpaired) electrons. The lowest BCUT2D eigenvalue weighted by molar-refractivity contribution is 0.726. The quantitative estimate of drug-likeness (QED) is 0.907. The lowest BCUT2D eigenvalue weighted by atomic mass is 9.89. The predicted octanol–water partition coefficient (Wildman–Crippen LogP) is 3.93. The van der Waals surface area contributed by atoms with Gasteiger partial charge in [0.1, 0.15) is 0 Å². The van der Waals surface area contributed by atoms with Crippen LogP contribution in [0.4, 0.5) is 0 Å². The van der Waals surface area contributed by atoms with Crippen molar-refractivity contribution in [2.45, 2.75) is 12.3 Å². The van der Waals surface area contributed by atoms with E-state index in [1.54, 1.807) is 0 Å². The van der Waals surface area contributed by atoms with E-state index in [0.717, 1.165) is 10.9 Å². The molecular formula is C15H16BrN. The summed E-state index contributed by atoms with van der Waals surface area (Å²) in [6.45, 7) is 0.704. The average molecular weight is 290 g/mol. The van der Waals surface area contributed by atoms with E-state index in [9.17, 15) is 0 Å². The molecule has 2 aromatic rings. The summed E-state index contributed by atoms with van der Waals surface area (Å²) < 4.78 is 1.11. The molecular weight excluding hydrogens is 274 g/mol. The van der Waals surface area contributed by atoms with Crippen molar-refractivity contribution in [3.63, 3.8) is 0 Å². The lowest BCUT2D eigenvalue weighted by Gasteiger charge is -2.17. The summed E-state index contributed by atoms with van der Waals surface area (Å²) in [6.07, 6.45) is 0.978. The third-order valence-corrected chi connectivity index (χ3v) is 3.46. The second-order valence-electron chi connectivity index (χ2n) is 4.09. The highest BCUT2D eigenvalue weighted by atomic mass is 79.9. The van der Waals surface area contributed by atoms with Gasteiger partial charge in [0.05, 0.1) is 0 Å². The van der Waals surface area contributed by atoms with E-state index in [0.29, 0.717) is 12.5 Å². The summed E-state index contributed by atoms with van der Waals surface area (Å²) in [5.41, 5.74) is 8.38. The van der Waals surface area contributed by atoms with Gasteiger partial charge in [-0.1, -0.05) is 58.4 Å². The molecule has 1 atom stereocenters. The summed E-state index contributed by atoms with van der Waals surface area (Å²) in [5, 5.41) is 0. The van der Waals surface area contributed by atoms with Crippen LogP contribution in [0.5, 0.6) is 0 Å². The summed E-state index contributed by atoms with van der Waals surface area (Å²) in [5.74, 6) is 0.397. The number of nitrogens with two attached hydrogens (primary N) is 1. The van der Waals surface area contributed by atoms with Crippen molar-refractivity contribution < 1.29 is 0 Å². The van der Waals surface area contributed by atoms with E-state index in [1.807, 2.05) is 6.07 Å². The van der Waals surface area contributed by atoms with E-state index < -0.39 is 0 Å². The third-order valence-electron chi connectivity index (χ3n) is 2.93. The summed E-state index contributed by atoms with van der Waals surface area (Å²) in [4.78, 5) is 0. The summed E-state index contributed by atoms with van der Waals surface area (Å²) in [7, 11) is 0. The zero-order valence-electron chi connectivity index (χ0n) is 9.64. The Balaban J connectivity index is 2.32. The third kappa shape index (κ3) is 3.18. The first-order valence-corrected chi connectivity index (χ1v) is 6.61. The molecule has 17 heavy (non-hydrogen) atoms. The molecule has 0 aliphatic heterocycles. The fraction of sp³-hybridized carbons (Fsp3) is 0.200. The molecule has 1 nitrogen and oxygen atoms in total. The van der Waals surface area contributed by atoms with Crippen molar-refractivity contribution in [2.24, 2.45) is 5.73 Å². The highest BCUT2D eigenvalue weighted by Crippen LogP contribution is 2.28. The SMILES string of the molecule is NCCC(c1ccccc1)c1ccc(Br)cc1. The minimum Gasteiger partial charge on any atom is -0.330 e. The highest BCUT2D eigenvalue weighted by Gasteiger charge is 2.12. The molecule has 88 valence electrons. The molecule has 0 aromatic heterocycles. The van der Waals surface area contributed by atoms with E-state index in [-0.39, 0.29) is 0 Å². The largest absolute Gasteiger partial charge is 0.330 e. The van der Waals surface area contributed by atoms with Crippen molar-refractivity contribution >= 4 is 15.9 Å². The molecule has 0 saturated heterocycles. The minimum atomic E-state index is 0.397. The molecule has 0 fully saturated rings. The fourth-order valence-corrected chi connectivity index (χ4v) is 2.34. The van der Waals surface area contributed by atoms with Crippen molar-refractivity contribution in [2.75, 3.05) is 6.54 Å². The maximum Gasteiger partial charge on any atom is 0.0175 e. The smallest absolute Gasteiger partial charge is 0.0175 e. The van der Waals surface area contributed by atoms with Gasteiger partial charge in [0.25, 0.3) is 0 Å². The number of benzene rings is 2. The zero-order chi connectivity index (χ0) is 12.1. The Bertz CT molecular complexity index is 450. The van der Waals surface area contributed by atoms with Crippen LogP contribution in [-0.4, -0.2) is 6.54 Å². The van der Waals surface area contributed by atoms with Gasteiger partial charge in [0.15, 0.2) is 0 Å². The molecule has 2 N–H and O–H groups in total. The van der Waals surface area contributed by atoms with Gasteiger partial charge in [-0.3, -0.25) is 0 Å². The van der Waals surface area contributed by atoms with Gasteiger partial charge < -0.3 is 5.73 Å². The number of halogens is 1. The number of rotatable bonds is 4. The summed E-state index contributed by atoms with van der Waals surface area (Å²) in [6, 6.07) is 19.0. The molecule has 0 saturated carbocycles. The predicted molar refractivity (Wildman–Crippen MR) is 76.1 cm³/mol. The van der Waals surface area contributed by atoms with Gasteiger partial charge >= 0.3 is 0 Å². The van der Waals surface area contributed by atoms with Crippen LogP contribution >= 0.6 is 15.9 Å². The van der Waals surface area contributed by atoms with Gasteiger partial charge in [0, 0.05) is 10.4 Å². The summed E-state index contributed by atoms with van der Waals surface area (Å²) >= 11 is 3.47. The van der Waals surface area contributed by atoms with Crippen LogP contribution in [0, 0.1) is 0 Å². The molecule has 0 bridgehead atoms. The standard InChI is InChI=1S/C15H16BrN/c16-14-8-6-13(7-9-14)15(10-11-17)12-4-2-1-3-5-12/h1-9,15H,10-11,17H2. The van der Waals surface area contributed by atoms with Gasteiger partial charge in [-0.05, 0) is 36.2 Å². The Kier molecular flexibility index (Phi) is 4.35. The van der Waals surface area contributed by atoms with Gasteiger partial charge in [0.2, 0.25) is 0 Å². The highest BCUT2D eigenvalue weighted by molar-refractivity contribution is 9.10. The maximum atomic E-state index is 5.72. The van der Waals surface area contributed by atoms with Crippen LogP contribution in [0.15, 0.2) is 59.1 Å². The average Bonchev–Trinajstić information content (AvgIpc) is 2.38. The fourth-order valence-electron chi connectivity index (χ4n) is 2.07. The van der Waals surface area contributed by atoms with Crippen LogP contribution in [0.25, 0.3) is 0 Å². The maximum absolute atomic E-state index is 5.72. The number of hydrogen-bond acceptors (Lipinski definition) is 1. The zero-order valence-corrected chi connectivity index (χ0v) is 11.2. The van der Waals surface area contributed by atoms with Crippen LogP contribution in [0.2, 0.25) is 0 Å². The van der Waals surface area contributed by atoms with Crippen LogP contribution in [0.3, 0.4) is 0 Å². The van der Waals surface area contributed by atoms with Crippen molar-refractivity contribution in [1.29, 1.82) is 0 Å². The Morgan fingerprint density at radius 1 is 0.882 bits per heavy atom. The molecule has 0 aliphatic rings. The Hall–Kier alpha value is -1.12. The van der Waals surface area contributed by atoms with Gasteiger partial charge in [-0.15, -0.1) is 0 Å².